The molecule has 1 aromatic rings. The monoisotopic (exact) mass is 352 g/mol. The third-order valence-electron chi connectivity index (χ3n) is 3.97. The zero-order valence-corrected chi connectivity index (χ0v) is 12.6. The number of hydrogen-bond donors (Lipinski definition) is 2. The van der Waals surface area contributed by atoms with E-state index in [-0.39, 0.29) is 17.8 Å². The van der Waals surface area contributed by atoms with E-state index in [9.17, 15) is 14.4 Å². The number of benzene rings is 1. The van der Waals surface area contributed by atoms with Gasteiger partial charge in [-0.25, -0.2) is 4.79 Å². The van der Waals surface area contributed by atoms with Crippen LogP contribution >= 0.6 is 15.9 Å². The zero-order chi connectivity index (χ0) is 15.1. The van der Waals surface area contributed by atoms with Gasteiger partial charge in [0.25, 0.3) is 5.91 Å². The third-order valence-corrected chi connectivity index (χ3v) is 4.46. The first-order valence-electron chi connectivity index (χ1n) is 6.51. The fourth-order valence-electron chi connectivity index (χ4n) is 3.10. The van der Waals surface area contributed by atoms with Crippen LogP contribution in [0.1, 0.15) is 17.0 Å². The summed E-state index contributed by atoms with van der Waals surface area (Å²) in [6.45, 7) is -0.483. The lowest BCUT2D eigenvalue weighted by atomic mass is 10.0. The van der Waals surface area contributed by atoms with Crippen molar-refractivity contribution in [3.05, 3.63) is 33.8 Å². The molecule has 0 spiro atoms. The normalized spacial score (nSPS) is 24.7. The lowest BCUT2D eigenvalue weighted by molar-refractivity contribution is -0.150. The first-order chi connectivity index (χ1) is 9.97. The molecule has 110 valence electrons. The minimum Gasteiger partial charge on any atom is -0.455 e. The maximum absolute atomic E-state index is 12.0. The Balaban J connectivity index is 1.58. The van der Waals surface area contributed by atoms with Crippen LogP contribution in [-0.4, -0.2) is 24.5 Å². The Morgan fingerprint density at radius 1 is 1.38 bits per heavy atom. The van der Waals surface area contributed by atoms with E-state index in [4.69, 9.17) is 10.5 Å². The summed E-state index contributed by atoms with van der Waals surface area (Å²) in [7, 11) is 0. The van der Waals surface area contributed by atoms with E-state index in [1.165, 1.54) is 11.1 Å². The Bertz CT molecular complexity index is 646. The lowest BCUT2D eigenvalue weighted by Crippen LogP contribution is -2.38. The number of rotatable bonds is 3. The summed E-state index contributed by atoms with van der Waals surface area (Å²) in [5, 5.41) is 1.85. The molecule has 3 unspecified atom stereocenters. The smallest absolute Gasteiger partial charge is 0.318 e. The van der Waals surface area contributed by atoms with E-state index in [1.807, 2.05) is 17.4 Å². The van der Waals surface area contributed by atoms with E-state index in [1.54, 1.807) is 0 Å². The van der Waals surface area contributed by atoms with Crippen LogP contribution in [0.4, 0.5) is 4.79 Å². The maximum atomic E-state index is 12.0. The molecule has 6 nitrogen and oxygen atoms in total. The lowest BCUT2D eigenvalue weighted by Gasteiger charge is -2.08. The molecule has 7 heteroatoms. The second-order valence-corrected chi connectivity index (χ2v) is 6.20. The number of nitrogens with two attached hydrogens (primary N) is 1. The summed E-state index contributed by atoms with van der Waals surface area (Å²) in [6, 6.07) is 5.13. The number of imide groups is 1. The molecule has 1 fully saturated rings. The van der Waals surface area contributed by atoms with Crippen LogP contribution in [0.5, 0.6) is 0 Å². The molecule has 21 heavy (non-hydrogen) atoms. The highest BCUT2D eigenvalue weighted by molar-refractivity contribution is 9.10. The van der Waals surface area contributed by atoms with Gasteiger partial charge in [0.15, 0.2) is 6.61 Å². The summed E-state index contributed by atoms with van der Waals surface area (Å²) >= 11 is 3.43. The van der Waals surface area contributed by atoms with Crippen LogP contribution in [0.2, 0.25) is 0 Å². The van der Waals surface area contributed by atoms with Crippen LogP contribution in [0.15, 0.2) is 22.7 Å². The van der Waals surface area contributed by atoms with Crippen molar-refractivity contribution in [3.63, 3.8) is 0 Å². The number of urea groups is 1. The van der Waals surface area contributed by atoms with Crippen molar-refractivity contribution >= 4 is 33.8 Å². The number of carbonyl (C=O) groups excluding carboxylic acids is 3. The van der Waals surface area contributed by atoms with Gasteiger partial charge in [-0.15, -0.1) is 0 Å². The van der Waals surface area contributed by atoms with Gasteiger partial charge in [0, 0.05) is 10.4 Å². The second-order valence-electron chi connectivity index (χ2n) is 5.28. The summed E-state index contributed by atoms with van der Waals surface area (Å²) < 4.78 is 5.93. The molecule has 0 heterocycles. The molecule has 3 atom stereocenters. The molecule has 2 aliphatic carbocycles. The highest BCUT2D eigenvalue weighted by Crippen LogP contribution is 2.62. The van der Waals surface area contributed by atoms with Crippen LogP contribution in [0.25, 0.3) is 0 Å². The fraction of sp³-hybridized carbons (Fsp3) is 0.357. The molecule has 3 rings (SSSR count). The minimum atomic E-state index is -0.960. The first kappa shape index (κ1) is 14.1. The molecule has 0 saturated heterocycles. The number of fused-ring (bicyclic) bond motifs is 3. The van der Waals surface area contributed by atoms with E-state index < -0.39 is 24.5 Å². The molecule has 0 bridgehead atoms. The van der Waals surface area contributed by atoms with Gasteiger partial charge in [0.1, 0.15) is 0 Å². The second kappa shape index (κ2) is 5.14. The number of esters is 1. The fourth-order valence-corrected chi connectivity index (χ4v) is 3.47. The molecule has 0 aliphatic heterocycles. The van der Waals surface area contributed by atoms with Crippen molar-refractivity contribution in [2.45, 2.75) is 12.3 Å². The molecule has 2 aliphatic rings. The van der Waals surface area contributed by atoms with Crippen LogP contribution in [-0.2, 0) is 20.7 Å². The van der Waals surface area contributed by atoms with Crippen molar-refractivity contribution in [3.8, 4) is 0 Å². The summed E-state index contributed by atoms with van der Waals surface area (Å²) in [6.07, 6.45) is 0.862. The highest BCUT2D eigenvalue weighted by Gasteiger charge is 2.60. The number of ether oxygens (including phenoxy) is 1. The number of nitrogens with one attached hydrogen (secondary N) is 1. The largest absolute Gasteiger partial charge is 0.455 e. The summed E-state index contributed by atoms with van der Waals surface area (Å²) in [5.74, 6) is -0.849. The molecule has 0 radical (unpaired) electrons. The molecule has 0 aromatic heterocycles. The topological polar surface area (TPSA) is 98.5 Å². The predicted octanol–water partition coefficient (Wildman–Crippen LogP) is 1.07. The standard InChI is InChI=1S/C14H13BrN2O4/c15-7-2-1-6-3-9-11(8(6)4-7)12(9)13(19)21-5-10(18)17-14(16)20/h1-2,4,9,11-12H,3,5H2,(H3,16,17,18,20). The summed E-state index contributed by atoms with van der Waals surface area (Å²) in [4.78, 5) is 33.6. The average molecular weight is 353 g/mol. The molecule has 3 amide bonds. The van der Waals surface area contributed by atoms with Gasteiger partial charge in [-0.1, -0.05) is 22.0 Å². The first-order valence-corrected chi connectivity index (χ1v) is 7.31. The molecular formula is C14H13BrN2O4. The number of primary amides is 1. The summed E-state index contributed by atoms with van der Waals surface area (Å²) in [5.41, 5.74) is 7.24. The van der Waals surface area contributed by atoms with Crippen molar-refractivity contribution in [1.82, 2.24) is 5.32 Å². The van der Waals surface area contributed by atoms with Crippen molar-refractivity contribution in [1.29, 1.82) is 0 Å². The van der Waals surface area contributed by atoms with Gasteiger partial charge in [-0.05, 0) is 35.6 Å². The van der Waals surface area contributed by atoms with Crippen LogP contribution < -0.4 is 11.1 Å². The van der Waals surface area contributed by atoms with Gasteiger partial charge in [0.2, 0.25) is 0 Å². The zero-order valence-electron chi connectivity index (χ0n) is 11.0. The number of amides is 3. The Morgan fingerprint density at radius 3 is 2.86 bits per heavy atom. The molecule has 1 aromatic carbocycles. The Labute approximate surface area is 129 Å². The molecule has 3 N–H and O–H groups in total. The van der Waals surface area contributed by atoms with Gasteiger partial charge >= 0.3 is 12.0 Å². The third kappa shape index (κ3) is 2.65. The van der Waals surface area contributed by atoms with Crippen molar-refractivity contribution < 1.29 is 19.1 Å². The number of carbonyl (C=O) groups is 3. The van der Waals surface area contributed by atoms with E-state index in [0.29, 0.717) is 0 Å². The Hall–Kier alpha value is -1.89. The van der Waals surface area contributed by atoms with Gasteiger partial charge < -0.3 is 10.5 Å². The Morgan fingerprint density at radius 2 is 2.14 bits per heavy atom. The quantitative estimate of drug-likeness (QED) is 0.795. The highest BCUT2D eigenvalue weighted by atomic mass is 79.9. The van der Waals surface area contributed by atoms with E-state index >= 15 is 0 Å². The number of halogens is 1. The van der Waals surface area contributed by atoms with E-state index in [0.717, 1.165) is 10.9 Å². The predicted molar refractivity (Wildman–Crippen MR) is 76.3 cm³/mol. The van der Waals surface area contributed by atoms with Crippen LogP contribution in [0, 0.1) is 11.8 Å². The van der Waals surface area contributed by atoms with Crippen LogP contribution in [0.3, 0.4) is 0 Å². The Kier molecular flexibility index (Phi) is 3.44. The van der Waals surface area contributed by atoms with Gasteiger partial charge in [0.05, 0.1) is 5.92 Å². The maximum Gasteiger partial charge on any atom is 0.318 e. The minimum absolute atomic E-state index is 0.184. The van der Waals surface area contributed by atoms with Gasteiger partial charge in [-0.2, -0.15) is 0 Å². The number of hydrogen-bond acceptors (Lipinski definition) is 4. The van der Waals surface area contributed by atoms with Crippen molar-refractivity contribution in [2.75, 3.05) is 6.61 Å². The van der Waals surface area contributed by atoms with E-state index in [2.05, 4.69) is 22.0 Å². The SMILES string of the molecule is NC(=O)NC(=O)COC(=O)C1C2Cc3ccc(Br)cc3C21. The van der Waals surface area contributed by atoms with Gasteiger partial charge in [-0.3, -0.25) is 14.9 Å². The average Bonchev–Trinajstić information content (AvgIpc) is 3.00. The van der Waals surface area contributed by atoms with Crippen molar-refractivity contribution in [2.24, 2.45) is 17.6 Å². The molecular weight excluding hydrogens is 340 g/mol. The molecule has 1 saturated carbocycles.